The maximum absolute atomic E-state index is 13.5. The number of benzene rings is 1. The zero-order chi connectivity index (χ0) is 13.7. The number of aryl methyl sites for hydroxylation is 1. The van der Waals surface area contributed by atoms with Crippen molar-refractivity contribution in [3.05, 3.63) is 59.1 Å². The minimum Gasteiger partial charge on any atom is -0.354 e. The molecule has 0 saturated carbocycles. The van der Waals surface area contributed by atoms with Crippen LogP contribution in [0.1, 0.15) is 16.8 Å². The summed E-state index contributed by atoms with van der Waals surface area (Å²) < 4.78 is 15.5. The molecule has 0 radical (unpaired) electrons. The number of halogens is 2. The third-order valence-electron chi connectivity index (χ3n) is 2.73. The summed E-state index contributed by atoms with van der Waals surface area (Å²) in [5.74, 6) is -1.08. The fraction of sp³-hybridized carbons (Fsp3) is 0.214. The van der Waals surface area contributed by atoms with Crippen LogP contribution in [0.5, 0.6) is 0 Å². The molecule has 1 aromatic carbocycles. The van der Waals surface area contributed by atoms with Crippen LogP contribution in [-0.4, -0.2) is 17.0 Å². The van der Waals surface area contributed by atoms with E-state index in [0.29, 0.717) is 6.54 Å². The van der Waals surface area contributed by atoms with Crippen LogP contribution >= 0.6 is 11.6 Å². The van der Waals surface area contributed by atoms with E-state index in [0.717, 1.165) is 13.0 Å². The Hall–Kier alpha value is -1.81. The van der Waals surface area contributed by atoms with Gasteiger partial charge < -0.3 is 9.88 Å². The predicted molar refractivity (Wildman–Crippen MR) is 72.8 cm³/mol. The summed E-state index contributed by atoms with van der Waals surface area (Å²) in [7, 11) is 0. The van der Waals surface area contributed by atoms with Gasteiger partial charge in [-0.05, 0) is 30.7 Å². The molecule has 2 aromatic rings. The van der Waals surface area contributed by atoms with Crippen LogP contribution in [0.25, 0.3) is 0 Å². The Morgan fingerprint density at radius 3 is 2.68 bits per heavy atom. The van der Waals surface area contributed by atoms with Crippen LogP contribution in [-0.2, 0) is 6.54 Å². The number of amides is 1. The number of carbonyl (C=O) groups is 1. The summed E-state index contributed by atoms with van der Waals surface area (Å²) in [4.78, 5) is 11.8. The van der Waals surface area contributed by atoms with Gasteiger partial charge in [0.2, 0.25) is 0 Å². The lowest BCUT2D eigenvalue weighted by Gasteiger charge is -2.08. The van der Waals surface area contributed by atoms with Crippen LogP contribution in [0.3, 0.4) is 0 Å². The molecule has 0 atom stereocenters. The molecular formula is C14H14ClFN2O. The first kappa shape index (κ1) is 13.6. The van der Waals surface area contributed by atoms with Gasteiger partial charge in [-0.2, -0.15) is 0 Å². The van der Waals surface area contributed by atoms with E-state index in [1.807, 2.05) is 29.1 Å². The molecule has 1 aromatic heterocycles. The van der Waals surface area contributed by atoms with Crippen LogP contribution in [0.4, 0.5) is 4.39 Å². The average molecular weight is 281 g/mol. The SMILES string of the molecule is O=C(NCCCn1cccc1)c1c(F)cccc1Cl. The summed E-state index contributed by atoms with van der Waals surface area (Å²) in [5, 5.41) is 2.79. The molecule has 0 aliphatic rings. The Bertz CT molecular complexity index is 534. The van der Waals surface area contributed by atoms with Crippen molar-refractivity contribution >= 4 is 17.5 Å². The van der Waals surface area contributed by atoms with E-state index in [-0.39, 0.29) is 10.6 Å². The normalized spacial score (nSPS) is 10.4. The van der Waals surface area contributed by atoms with E-state index in [9.17, 15) is 9.18 Å². The lowest BCUT2D eigenvalue weighted by molar-refractivity contribution is 0.0949. The molecule has 0 saturated heterocycles. The average Bonchev–Trinajstić information content (AvgIpc) is 2.87. The highest BCUT2D eigenvalue weighted by Gasteiger charge is 2.14. The monoisotopic (exact) mass is 280 g/mol. The number of hydrogen-bond acceptors (Lipinski definition) is 1. The fourth-order valence-corrected chi connectivity index (χ4v) is 2.03. The molecule has 0 spiro atoms. The standard InChI is InChI=1S/C14H14ClFN2O/c15-11-5-3-6-12(16)13(11)14(19)17-7-4-10-18-8-1-2-9-18/h1-3,5-6,8-9H,4,7,10H2,(H,17,19). The summed E-state index contributed by atoms with van der Waals surface area (Å²) in [6.07, 6.45) is 4.68. The Labute approximate surface area is 116 Å². The maximum Gasteiger partial charge on any atom is 0.255 e. The van der Waals surface area contributed by atoms with Crippen molar-refractivity contribution in [1.82, 2.24) is 9.88 Å². The number of hydrogen-bond donors (Lipinski definition) is 1. The Morgan fingerprint density at radius 2 is 2.00 bits per heavy atom. The maximum atomic E-state index is 13.5. The van der Waals surface area contributed by atoms with Gasteiger partial charge in [-0.1, -0.05) is 17.7 Å². The van der Waals surface area contributed by atoms with E-state index in [1.54, 1.807) is 0 Å². The molecule has 100 valence electrons. The minimum atomic E-state index is -0.601. The Morgan fingerprint density at radius 1 is 1.26 bits per heavy atom. The molecule has 19 heavy (non-hydrogen) atoms. The molecule has 5 heteroatoms. The zero-order valence-electron chi connectivity index (χ0n) is 10.3. The lowest BCUT2D eigenvalue weighted by atomic mass is 10.2. The molecule has 1 amide bonds. The molecule has 0 fully saturated rings. The molecule has 1 N–H and O–H groups in total. The Kier molecular flexibility index (Phi) is 4.58. The minimum absolute atomic E-state index is 0.0925. The number of nitrogens with one attached hydrogen (secondary N) is 1. The van der Waals surface area contributed by atoms with Gasteiger partial charge in [0, 0.05) is 25.5 Å². The summed E-state index contributed by atoms with van der Waals surface area (Å²) in [6.45, 7) is 1.28. The molecular weight excluding hydrogens is 267 g/mol. The molecule has 0 aliphatic carbocycles. The zero-order valence-corrected chi connectivity index (χ0v) is 11.0. The van der Waals surface area contributed by atoms with Gasteiger partial charge in [0.25, 0.3) is 5.91 Å². The second-order valence-electron chi connectivity index (χ2n) is 4.13. The first-order chi connectivity index (χ1) is 9.18. The van der Waals surface area contributed by atoms with Crippen molar-refractivity contribution in [2.24, 2.45) is 0 Å². The van der Waals surface area contributed by atoms with Gasteiger partial charge in [-0.25, -0.2) is 4.39 Å². The second kappa shape index (κ2) is 6.38. The van der Waals surface area contributed by atoms with Crippen molar-refractivity contribution in [3.63, 3.8) is 0 Å². The third-order valence-corrected chi connectivity index (χ3v) is 3.05. The number of nitrogens with zero attached hydrogens (tertiary/aromatic N) is 1. The van der Waals surface area contributed by atoms with Crippen molar-refractivity contribution < 1.29 is 9.18 Å². The van der Waals surface area contributed by atoms with Gasteiger partial charge in [0.1, 0.15) is 5.82 Å². The molecule has 0 bridgehead atoms. The van der Waals surface area contributed by atoms with Gasteiger partial charge in [0.05, 0.1) is 10.6 Å². The molecule has 2 rings (SSSR count). The van der Waals surface area contributed by atoms with E-state index < -0.39 is 11.7 Å². The van der Waals surface area contributed by atoms with Gasteiger partial charge in [-0.3, -0.25) is 4.79 Å². The van der Waals surface area contributed by atoms with Crippen molar-refractivity contribution in [3.8, 4) is 0 Å². The van der Waals surface area contributed by atoms with Gasteiger partial charge in [0.15, 0.2) is 0 Å². The first-order valence-corrected chi connectivity index (χ1v) is 6.39. The number of aromatic nitrogens is 1. The van der Waals surface area contributed by atoms with Crippen LogP contribution < -0.4 is 5.32 Å². The van der Waals surface area contributed by atoms with Crippen molar-refractivity contribution in [1.29, 1.82) is 0 Å². The van der Waals surface area contributed by atoms with E-state index in [1.165, 1.54) is 18.2 Å². The van der Waals surface area contributed by atoms with E-state index >= 15 is 0 Å². The first-order valence-electron chi connectivity index (χ1n) is 6.01. The predicted octanol–water partition coefficient (Wildman–Crippen LogP) is 3.10. The molecule has 1 heterocycles. The fourth-order valence-electron chi connectivity index (χ4n) is 1.79. The largest absolute Gasteiger partial charge is 0.354 e. The highest BCUT2D eigenvalue weighted by molar-refractivity contribution is 6.33. The van der Waals surface area contributed by atoms with E-state index in [2.05, 4.69) is 5.32 Å². The van der Waals surface area contributed by atoms with E-state index in [4.69, 9.17) is 11.6 Å². The molecule has 0 unspecified atom stereocenters. The third kappa shape index (κ3) is 3.58. The van der Waals surface area contributed by atoms with Crippen LogP contribution in [0, 0.1) is 5.82 Å². The van der Waals surface area contributed by atoms with Gasteiger partial charge in [-0.15, -0.1) is 0 Å². The molecule has 3 nitrogen and oxygen atoms in total. The quantitative estimate of drug-likeness (QED) is 0.839. The van der Waals surface area contributed by atoms with Crippen molar-refractivity contribution in [2.45, 2.75) is 13.0 Å². The van der Waals surface area contributed by atoms with Crippen LogP contribution in [0.15, 0.2) is 42.7 Å². The summed E-state index contributed by atoms with van der Waals surface area (Å²) in [6, 6.07) is 8.08. The van der Waals surface area contributed by atoms with Crippen LogP contribution in [0.2, 0.25) is 5.02 Å². The second-order valence-corrected chi connectivity index (χ2v) is 4.53. The highest BCUT2D eigenvalue weighted by atomic mass is 35.5. The summed E-state index contributed by atoms with van der Waals surface area (Å²) in [5.41, 5.74) is -0.0925. The van der Waals surface area contributed by atoms with Crippen molar-refractivity contribution in [2.75, 3.05) is 6.54 Å². The smallest absolute Gasteiger partial charge is 0.255 e. The number of rotatable bonds is 5. The van der Waals surface area contributed by atoms with Gasteiger partial charge >= 0.3 is 0 Å². The highest BCUT2D eigenvalue weighted by Crippen LogP contribution is 2.18. The molecule has 0 aliphatic heterocycles. The lowest BCUT2D eigenvalue weighted by Crippen LogP contribution is -2.26. The Balaban J connectivity index is 1.84. The number of carbonyl (C=O) groups excluding carboxylic acids is 1. The summed E-state index contributed by atoms with van der Waals surface area (Å²) >= 11 is 5.81. The topological polar surface area (TPSA) is 34.0 Å².